The molecule has 0 aliphatic heterocycles. The summed E-state index contributed by atoms with van der Waals surface area (Å²) in [6, 6.07) is 18.9. The largest absolute Gasteiger partial charge is 0.494 e. The van der Waals surface area contributed by atoms with E-state index in [1.165, 1.54) is 5.56 Å². The molecule has 28 heavy (non-hydrogen) atoms. The maximum atomic E-state index is 12.4. The van der Waals surface area contributed by atoms with Crippen LogP contribution in [0.3, 0.4) is 0 Å². The molecule has 1 N–H and O–H groups in total. The van der Waals surface area contributed by atoms with Gasteiger partial charge in [-0.2, -0.15) is 0 Å². The van der Waals surface area contributed by atoms with Gasteiger partial charge in [-0.05, 0) is 74.9 Å². The Hall–Kier alpha value is -3.41. The molecule has 0 spiro atoms. The molecule has 1 aromatic heterocycles. The molecule has 0 fully saturated rings. The van der Waals surface area contributed by atoms with Gasteiger partial charge in [0.1, 0.15) is 5.75 Å². The summed E-state index contributed by atoms with van der Waals surface area (Å²) >= 11 is 0. The van der Waals surface area contributed by atoms with Crippen LogP contribution in [0.4, 0.5) is 17.2 Å². The van der Waals surface area contributed by atoms with E-state index in [0.29, 0.717) is 18.1 Å². The van der Waals surface area contributed by atoms with Crippen molar-refractivity contribution in [3.05, 3.63) is 71.9 Å². The summed E-state index contributed by atoms with van der Waals surface area (Å²) in [7, 11) is 0. The second-order valence-electron chi connectivity index (χ2n) is 6.27. The molecule has 0 atom stereocenters. The highest BCUT2D eigenvalue weighted by molar-refractivity contribution is 6.02. The van der Waals surface area contributed by atoms with Crippen molar-refractivity contribution in [2.24, 2.45) is 0 Å². The first-order chi connectivity index (χ1) is 13.6. The fraction of sp³-hybridized carbons (Fsp3) is 0.227. The summed E-state index contributed by atoms with van der Waals surface area (Å²) in [5.41, 5.74) is 3.16. The number of anilines is 3. The number of ether oxygens (including phenoxy) is 1. The number of amides is 1. The fourth-order valence-corrected chi connectivity index (χ4v) is 2.86. The predicted molar refractivity (Wildman–Crippen MR) is 111 cm³/mol. The normalized spacial score (nSPS) is 10.4. The SMILES string of the molecule is CCOc1ccc(NC(=O)c2ccc(N(CC)c3cccc(C)c3)nn2)cc1. The van der Waals surface area contributed by atoms with Crippen LogP contribution in [0, 0.1) is 6.92 Å². The summed E-state index contributed by atoms with van der Waals surface area (Å²) in [6.07, 6.45) is 0. The van der Waals surface area contributed by atoms with Crippen LogP contribution in [0.5, 0.6) is 5.75 Å². The number of hydrogen-bond donors (Lipinski definition) is 1. The van der Waals surface area contributed by atoms with Crippen molar-refractivity contribution in [2.45, 2.75) is 20.8 Å². The molecule has 3 rings (SSSR count). The Labute approximate surface area is 165 Å². The van der Waals surface area contributed by atoms with Crippen LogP contribution in [0.2, 0.25) is 0 Å². The van der Waals surface area contributed by atoms with Gasteiger partial charge in [0, 0.05) is 17.9 Å². The molecule has 0 aliphatic rings. The van der Waals surface area contributed by atoms with E-state index in [4.69, 9.17) is 4.74 Å². The number of carbonyl (C=O) groups is 1. The van der Waals surface area contributed by atoms with Gasteiger partial charge in [0.15, 0.2) is 11.5 Å². The number of aryl methyl sites for hydroxylation is 1. The number of aromatic nitrogens is 2. The minimum Gasteiger partial charge on any atom is -0.494 e. The Balaban J connectivity index is 1.71. The minimum atomic E-state index is -0.304. The molecule has 0 radical (unpaired) electrons. The molecule has 3 aromatic rings. The zero-order chi connectivity index (χ0) is 19.9. The smallest absolute Gasteiger partial charge is 0.276 e. The van der Waals surface area contributed by atoms with E-state index >= 15 is 0 Å². The quantitative estimate of drug-likeness (QED) is 0.653. The number of rotatable bonds is 7. The van der Waals surface area contributed by atoms with Crippen LogP contribution in [0.25, 0.3) is 0 Å². The lowest BCUT2D eigenvalue weighted by molar-refractivity contribution is 0.102. The fourth-order valence-electron chi connectivity index (χ4n) is 2.86. The van der Waals surface area contributed by atoms with Gasteiger partial charge in [0.2, 0.25) is 0 Å². The summed E-state index contributed by atoms with van der Waals surface area (Å²) < 4.78 is 5.40. The van der Waals surface area contributed by atoms with Crippen LogP contribution in [0.15, 0.2) is 60.7 Å². The van der Waals surface area contributed by atoms with Gasteiger partial charge in [0.25, 0.3) is 5.91 Å². The van der Waals surface area contributed by atoms with E-state index in [1.54, 1.807) is 18.2 Å². The highest BCUT2D eigenvalue weighted by Crippen LogP contribution is 2.23. The Morgan fingerprint density at radius 3 is 2.43 bits per heavy atom. The Kier molecular flexibility index (Phi) is 6.22. The lowest BCUT2D eigenvalue weighted by Gasteiger charge is -2.22. The topological polar surface area (TPSA) is 67.3 Å². The van der Waals surface area contributed by atoms with Gasteiger partial charge < -0.3 is 15.0 Å². The van der Waals surface area contributed by atoms with Gasteiger partial charge in [0.05, 0.1) is 6.61 Å². The molecular weight excluding hydrogens is 352 g/mol. The first kappa shape index (κ1) is 19.4. The van der Waals surface area contributed by atoms with Crippen molar-refractivity contribution in [1.29, 1.82) is 0 Å². The van der Waals surface area contributed by atoms with Gasteiger partial charge >= 0.3 is 0 Å². The van der Waals surface area contributed by atoms with Crippen molar-refractivity contribution >= 4 is 23.1 Å². The average Bonchev–Trinajstić information content (AvgIpc) is 2.71. The van der Waals surface area contributed by atoms with Crippen LogP contribution in [-0.4, -0.2) is 29.3 Å². The van der Waals surface area contributed by atoms with Gasteiger partial charge in [-0.1, -0.05) is 12.1 Å². The third-order valence-corrected chi connectivity index (χ3v) is 4.21. The number of hydrogen-bond acceptors (Lipinski definition) is 5. The monoisotopic (exact) mass is 376 g/mol. The second kappa shape index (κ2) is 8.99. The van der Waals surface area contributed by atoms with E-state index in [0.717, 1.165) is 18.0 Å². The van der Waals surface area contributed by atoms with E-state index in [-0.39, 0.29) is 11.6 Å². The van der Waals surface area contributed by atoms with Crippen LogP contribution < -0.4 is 15.0 Å². The maximum absolute atomic E-state index is 12.4. The third-order valence-electron chi connectivity index (χ3n) is 4.21. The molecule has 0 bridgehead atoms. The van der Waals surface area contributed by atoms with E-state index in [2.05, 4.69) is 41.5 Å². The first-order valence-corrected chi connectivity index (χ1v) is 9.33. The van der Waals surface area contributed by atoms with Crippen LogP contribution in [0.1, 0.15) is 29.9 Å². The van der Waals surface area contributed by atoms with E-state index in [1.807, 2.05) is 42.2 Å². The first-order valence-electron chi connectivity index (χ1n) is 9.33. The Bertz CT molecular complexity index is 924. The zero-order valence-electron chi connectivity index (χ0n) is 16.3. The van der Waals surface area contributed by atoms with Gasteiger partial charge in [-0.3, -0.25) is 4.79 Å². The molecule has 2 aromatic carbocycles. The zero-order valence-corrected chi connectivity index (χ0v) is 16.3. The molecule has 1 amide bonds. The maximum Gasteiger partial charge on any atom is 0.276 e. The lowest BCUT2D eigenvalue weighted by Crippen LogP contribution is -2.19. The summed E-state index contributed by atoms with van der Waals surface area (Å²) in [5.74, 6) is 1.16. The highest BCUT2D eigenvalue weighted by Gasteiger charge is 2.13. The van der Waals surface area contributed by atoms with Crippen molar-refractivity contribution in [3.8, 4) is 5.75 Å². The third kappa shape index (κ3) is 4.65. The summed E-state index contributed by atoms with van der Waals surface area (Å²) in [5, 5.41) is 11.2. The molecular formula is C22H24N4O2. The van der Waals surface area contributed by atoms with Crippen molar-refractivity contribution in [3.63, 3.8) is 0 Å². The highest BCUT2D eigenvalue weighted by atomic mass is 16.5. The van der Waals surface area contributed by atoms with Crippen molar-refractivity contribution in [1.82, 2.24) is 10.2 Å². The number of nitrogens with zero attached hydrogens (tertiary/aromatic N) is 3. The number of carbonyl (C=O) groups excluding carboxylic acids is 1. The molecule has 0 aliphatic carbocycles. The summed E-state index contributed by atoms with van der Waals surface area (Å²) in [4.78, 5) is 14.5. The lowest BCUT2D eigenvalue weighted by atomic mass is 10.2. The predicted octanol–water partition coefficient (Wildman–Crippen LogP) is 4.59. The molecule has 6 nitrogen and oxygen atoms in total. The number of benzene rings is 2. The second-order valence-corrected chi connectivity index (χ2v) is 6.27. The molecule has 0 saturated carbocycles. The van der Waals surface area contributed by atoms with Crippen LogP contribution >= 0.6 is 0 Å². The molecule has 144 valence electrons. The standard InChI is InChI=1S/C22H24N4O2/c1-4-26(18-8-6-7-16(3)15-18)21-14-13-20(24-25-21)22(27)23-17-9-11-19(12-10-17)28-5-2/h6-15H,4-5H2,1-3H3,(H,23,27). The van der Waals surface area contributed by atoms with Gasteiger partial charge in [-0.25, -0.2) is 0 Å². The number of nitrogens with one attached hydrogen (secondary N) is 1. The molecule has 0 saturated heterocycles. The minimum absolute atomic E-state index is 0.262. The Morgan fingerprint density at radius 2 is 1.82 bits per heavy atom. The van der Waals surface area contributed by atoms with Crippen molar-refractivity contribution < 1.29 is 9.53 Å². The summed E-state index contributed by atoms with van der Waals surface area (Å²) in [6.45, 7) is 7.38. The van der Waals surface area contributed by atoms with Gasteiger partial charge in [-0.15, -0.1) is 10.2 Å². The molecule has 0 unspecified atom stereocenters. The molecule has 1 heterocycles. The Morgan fingerprint density at radius 1 is 1.04 bits per heavy atom. The average molecular weight is 376 g/mol. The van der Waals surface area contributed by atoms with Crippen LogP contribution in [-0.2, 0) is 0 Å². The molecule has 6 heteroatoms. The van der Waals surface area contributed by atoms with E-state index < -0.39 is 0 Å². The van der Waals surface area contributed by atoms with Crippen molar-refractivity contribution in [2.75, 3.05) is 23.4 Å². The van der Waals surface area contributed by atoms with E-state index in [9.17, 15) is 4.79 Å².